The zero-order chi connectivity index (χ0) is 10.4. The van der Waals surface area contributed by atoms with Crippen molar-refractivity contribution >= 4 is 23.5 Å². The van der Waals surface area contributed by atoms with Gasteiger partial charge in [-0.25, -0.2) is 0 Å². The van der Waals surface area contributed by atoms with Gasteiger partial charge in [-0.2, -0.15) is 0 Å². The number of hydrogen-bond acceptors (Lipinski definition) is 3. The van der Waals surface area contributed by atoms with Crippen LogP contribution in [0.1, 0.15) is 13.3 Å². The van der Waals surface area contributed by atoms with Crippen LogP contribution in [0.2, 0.25) is 0 Å². The molecule has 13 heavy (non-hydrogen) atoms. The molecule has 0 aliphatic carbocycles. The van der Waals surface area contributed by atoms with E-state index in [9.17, 15) is 9.59 Å². The Morgan fingerprint density at radius 2 is 2.00 bits per heavy atom. The first-order valence-corrected chi connectivity index (χ1v) is 4.19. The zero-order valence-electron chi connectivity index (χ0n) is 7.16. The van der Waals surface area contributed by atoms with E-state index in [0.29, 0.717) is 0 Å². The molecule has 76 valence electrons. The SMILES string of the molecule is CC(Cl)CN[C@@H](CC(=O)O)C(=O)O. The average Bonchev–Trinajstić information content (AvgIpc) is 1.96. The highest BCUT2D eigenvalue weighted by molar-refractivity contribution is 6.20. The van der Waals surface area contributed by atoms with E-state index >= 15 is 0 Å². The van der Waals surface area contributed by atoms with E-state index in [1.165, 1.54) is 0 Å². The van der Waals surface area contributed by atoms with Gasteiger partial charge in [0.25, 0.3) is 0 Å². The maximum atomic E-state index is 10.5. The van der Waals surface area contributed by atoms with E-state index in [1.54, 1.807) is 6.92 Å². The smallest absolute Gasteiger partial charge is 0.321 e. The second-order valence-corrected chi connectivity index (χ2v) is 3.42. The van der Waals surface area contributed by atoms with Gasteiger partial charge in [0.1, 0.15) is 6.04 Å². The van der Waals surface area contributed by atoms with Crippen LogP contribution in [0.4, 0.5) is 0 Å². The maximum absolute atomic E-state index is 10.5. The highest BCUT2D eigenvalue weighted by Gasteiger charge is 2.20. The fourth-order valence-corrected chi connectivity index (χ4v) is 0.815. The number of hydrogen-bond donors (Lipinski definition) is 3. The van der Waals surface area contributed by atoms with Crippen LogP contribution >= 0.6 is 11.6 Å². The van der Waals surface area contributed by atoms with Gasteiger partial charge >= 0.3 is 11.9 Å². The van der Waals surface area contributed by atoms with Crippen molar-refractivity contribution in [3.63, 3.8) is 0 Å². The van der Waals surface area contributed by atoms with Crippen LogP contribution in [0.3, 0.4) is 0 Å². The van der Waals surface area contributed by atoms with Crippen LogP contribution in [-0.4, -0.2) is 40.1 Å². The third kappa shape index (κ3) is 6.36. The van der Waals surface area contributed by atoms with Gasteiger partial charge in [-0.15, -0.1) is 11.6 Å². The normalized spacial score (nSPS) is 14.9. The van der Waals surface area contributed by atoms with Gasteiger partial charge < -0.3 is 15.5 Å². The topological polar surface area (TPSA) is 86.6 Å². The monoisotopic (exact) mass is 209 g/mol. The molecule has 0 aromatic rings. The molecule has 0 aliphatic heterocycles. The van der Waals surface area contributed by atoms with Crippen LogP contribution in [0.25, 0.3) is 0 Å². The number of halogens is 1. The van der Waals surface area contributed by atoms with Crippen molar-refractivity contribution in [2.45, 2.75) is 24.8 Å². The molecule has 2 atom stereocenters. The number of carboxylic acid groups (broad SMARTS) is 2. The van der Waals surface area contributed by atoms with E-state index in [0.717, 1.165) is 0 Å². The van der Waals surface area contributed by atoms with E-state index in [2.05, 4.69) is 5.32 Å². The third-order valence-corrected chi connectivity index (χ3v) is 1.48. The van der Waals surface area contributed by atoms with Crippen LogP contribution in [0.15, 0.2) is 0 Å². The molecule has 0 rings (SSSR count). The summed E-state index contributed by atoms with van der Waals surface area (Å²) in [4.78, 5) is 20.7. The highest BCUT2D eigenvalue weighted by atomic mass is 35.5. The van der Waals surface area contributed by atoms with Gasteiger partial charge in [-0.1, -0.05) is 0 Å². The zero-order valence-corrected chi connectivity index (χ0v) is 7.91. The summed E-state index contributed by atoms with van der Waals surface area (Å²) in [6.45, 7) is 1.96. The predicted molar refractivity (Wildman–Crippen MR) is 47.0 cm³/mol. The van der Waals surface area contributed by atoms with E-state index in [1.807, 2.05) is 0 Å². The van der Waals surface area contributed by atoms with Gasteiger partial charge in [0.2, 0.25) is 0 Å². The lowest BCUT2D eigenvalue weighted by molar-refractivity contribution is -0.145. The molecule has 0 saturated carbocycles. The number of aliphatic carboxylic acids is 2. The Hall–Kier alpha value is -0.810. The average molecular weight is 210 g/mol. The van der Waals surface area contributed by atoms with E-state index in [-0.39, 0.29) is 11.9 Å². The molecular weight excluding hydrogens is 198 g/mol. The lowest BCUT2D eigenvalue weighted by Gasteiger charge is -2.12. The number of carboxylic acids is 2. The molecule has 1 unspecified atom stereocenters. The minimum Gasteiger partial charge on any atom is -0.481 e. The first kappa shape index (κ1) is 12.2. The molecule has 0 aliphatic rings. The first-order chi connectivity index (χ1) is 5.93. The lowest BCUT2D eigenvalue weighted by atomic mass is 10.2. The molecule has 0 spiro atoms. The summed E-state index contributed by atoms with van der Waals surface area (Å²) in [6, 6.07) is -1.07. The highest BCUT2D eigenvalue weighted by Crippen LogP contribution is 1.96. The number of nitrogens with one attached hydrogen (secondary N) is 1. The molecule has 0 saturated heterocycles. The van der Waals surface area contributed by atoms with Gasteiger partial charge in [0.05, 0.1) is 6.42 Å². The van der Waals surface area contributed by atoms with Crippen LogP contribution in [-0.2, 0) is 9.59 Å². The van der Waals surface area contributed by atoms with Crippen molar-refractivity contribution in [1.29, 1.82) is 0 Å². The second kappa shape index (κ2) is 5.77. The van der Waals surface area contributed by atoms with E-state index < -0.39 is 24.4 Å². The molecule has 3 N–H and O–H groups in total. The van der Waals surface area contributed by atoms with Gasteiger partial charge in [0.15, 0.2) is 0 Å². The summed E-state index contributed by atoms with van der Waals surface area (Å²) in [6.07, 6.45) is -0.445. The van der Waals surface area contributed by atoms with Crippen molar-refractivity contribution in [3.8, 4) is 0 Å². The molecule has 5 nitrogen and oxygen atoms in total. The Bertz CT molecular complexity index is 195. The molecule has 6 heteroatoms. The third-order valence-electron chi connectivity index (χ3n) is 1.32. The van der Waals surface area contributed by atoms with Crippen molar-refractivity contribution in [2.24, 2.45) is 0 Å². The minimum atomic E-state index is -1.18. The number of carbonyl (C=O) groups is 2. The Labute approximate surface area is 80.7 Å². The molecular formula is C7H12ClNO4. The minimum absolute atomic E-state index is 0.226. The molecule has 0 heterocycles. The second-order valence-electron chi connectivity index (χ2n) is 2.68. The number of alkyl halides is 1. The molecule has 0 bridgehead atoms. The standard InChI is InChI=1S/C7H12ClNO4/c1-4(8)3-9-5(7(12)13)2-6(10)11/h4-5,9H,2-3H2,1H3,(H,10,11)(H,12,13)/t4?,5-/m0/s1. The van der Waals surface area contributed by atoms with Crippen molar-refractivity contribution in [2.75, 3.05) is 6.54 Å². The Morgan fingerprint density at radius 1 is 1.46 bits per heavy atom. The van der Waals surface area contributed by atoms with Gasteiger partial charge in [-0.3, -0.25) is 9.59 Å². The Balaban J connectivity index is 3.95. The Morgan fingerprint density at radius 3 is 2.31 bits per heavy atom. The van der Waals surface area contributed by atoms with Crippen molar-refractivity contribution < 1.29 is 19.8 Å². The van der Waals surface area contributed by atoms with Crippen LogP contribution in [0.5, 0.6) is 0 Å². The Kier molecular flexibility index (Phi) is 5.41. The summed E-state index contributed by atoms with van der Waals surface area (Å²) in [5.74, 6) is -2.33. The molecule has 0 radical (unpaired) electrons. The van der Waals surface area contributed by atoms with Crippen molar-refractivity contribution in [3.05, 3.63) is 0 Å². The summed E-state index contributed by atoms with van der Waals surface area (Å²) >= 11 is 5.56. The summed E-state index contributed by atoms with van der Waals surface area (Å²) in [5, 5.41) is 19.2. The quantitative estimate of drug-likeness (QED) is 0.542. The van der Waals surface area contributed by atoms with Crippen LogP contribution < -0.4 is 5.32 Å². The fourth-order valence-electron chi connectivity index (χ4n) is 0.726. The van der Waals surface area contributed by atoms with Crippen molar-refractivity contribution in [1.82, 2.24) is 5.32 Å². The van der Waals surface area contributed by atoms with E-state index in [4.69, 9.17) is 21.8 Å². The summed E-state index contributed by atoms with van der Waals surface area (Å²) < 4.78 is 0. The molecule has 0 fully saturated rings. The lowest BCUT2D eigenvalue weighted by Crippen LogP contribution is -2.40. The van der Waals surface area contributed by atoms with Crippen LogP contribution in [0, 0.1) is 0 Å². The predicted octanol–water partition coefficient (Wildman–Crippen LogP) is 0.131. The fraction of sp³-hybridized carbons (Fsp3) is 0.714. The molecule has 0 amide bonds. The molecule has 0 aromatic heterocycles. The first-order valence-electron chi connectivity index (χ1n) is 3.75. The molecule has 0 aromatic carbocycles. The summed E-state index contributed by atoms with van der Waals surface area (Å²) in [5.41, 5.74) is 0. The number of rotatable bonds is 6. The summed E-state index contributed by atoms with van der Waals surface area (Å²) in [7, 11) is 0. The largest absolute Gasteiger partial charge is 0.481 e. The van der Waals surface area contributed by atoms with Gasteiger partial charge in [0, 0.05) is 11.9 Å². The van der Waals surface area contributed by atoms with Gasteiger partial charge in [-0.05, 0) is 6.92 Å². The maximum Gasteiger partial charge on any atom is 0.321 e.